The Kier molecular flexibility index (Phi) is 7.09. The zero-order valence-corrected chi connectivity index (χ0v) is 16.0. The van der Waals surface area contributed by atoms with Crippen LogP contribution in [0.2, 0.25) is 10.0 Å². The lowest BCUT2D eigenvalue weighted by molar-refractivity contribution is -0.121. The zero-order valence-electron chi connectivity index (χ0n) is 12.9. The van der Waals surface area contributed by atoms with Crippen LogP contribution in [0.25, 0.3) is 0 Å². The summed E-state index contributed by atoms with van der Waals surface area (Å²) in [6.07, 6.45) is 2.11. The first-order valence-electron chi connectivity index (χ1n) is 7.29. The summed E-state index contributed by atoms with van der Waals surface area (Å²) < 4.78 is 0.981. The number of hydrazone groups is 1. The molecule has 7 heteroatoms. The van der Waals surface area contributed by atoms with Crippen LogP contribution in [0, 0.1) is 0 Å². The summed E-state index contributed by atoms with van der Waals surface area (Å²) in [6, 6.07) is 12.3. The van der Waals surface area contributed by atoms with Gasteiger partial charge in [-0.1, -0.05) is 52.1 Å². The Morgan fingerprint density at radius 3 is 2.58 bits per heavy atom. The molecular weight excluding hydrogens is 413 g/mol. The van der Waals surface area contributed by atoms with Gasteiger partial charge < -0.3 is 5.32 Å². The summed E-state index contributed by atoms with van der Waals surface area (Å²) in [4.78, 5) is 12.2. The topological polar surface area (TPSA) is 53.5 Å². The number of carbonyl (C=O) groups excluding carboxylic acids is 1. The Labute approximate surface area is 159 Å². The average molecular weight is 429 g/mol. The molecule has 0 radical (unpaired) electrons. The number of nitrogens with one attached hydrogen (secondary N) is 2. The molecule has 0 aliphatic rings. The van der Waals surface area contributed by atoms with Gasteiger partial charge in [0.2, 0.25) is 0 Å². The maximum absolute atomic E-state index is 12.2. The molecule has 0 spiro atoms. The van der Waals surface area contributed by atoms with Crippen LogP contribution in [0.3, 0.4) is 0 Å². The lowest BCUT2D eigenvalue weighted by atomic mass is 10.2. The SMILES string of the molecule is CCC(Nc1ccc(Br)cc1)C(=O)NN=Cc1ccc(Cl)cc1Cl. The lowest BCUT2D eigenvalue weighted by Crippen LogP contribution is -2.36. The van der Waals surface area contributed by atoms with Gasteiger partial charge in [0.25, 0.3) is 5.91 Å². The molecule has 4 nitrogen and oxygen atoms in total. The summed E-state index contributed by atoms with van der Waals surface area (Å²) in [5, 5.41) is 8.15. The van der Waals surface area contributed by atoms with E-state index in [1.165, 1.54) is 6.21 Å². The maximum Gasteiger partial charge on any atom is 0.262 e. The fourth-order valence-corrected chi connectivity index (χ4v) is 2.67. The monoisotopic (exact) mass is 427 g/mol. The summed E-state index contributed by atoms with van der Waals surface area (Å²) >= 11 is 15.3. The fourth-order valence-electron chi connectivity index (χ4n) is 1.95. The Morgan fingerprint density at radius 2 is 1.96 bits per heavy atom. The van der Waals surface area contributed by atoms with Gasteiger partial charge in [0.1, 0.15) is 6.04 Å². The molecular formula is C17H16BrCl2N3O. The zero-order chi connectivity index (χ0) is 17.5. The predicted octanol–water partition coefficient (Wildman–Crippen LogP) is 5.10. The highest BCUT2D eigenvalue weighted by Gasteiger charge is 2.15. The standard InChI is InChI=1S/C17H16BrCl2N3O/c1-2-16(22-14-7-4-12(18)5-8-14)17(24)23-21-10-11-3-6-13(19)9-15(11)20/h3-10,16,22H,2H2,1H3,(H,23,24). The van der Waals surface area contributed by atoms with E-state index in [0.29, 0.717) is 22.0 Å². The summed E-state index contributed by atoms with van der Waals surface area (Å²) in [7, 11) is 0. The molecule has 24 heavy (non-hydrogen) atoms. The van der Waals surface area contributed by atoms with Crippen LogP contribution in [0.15, 0.2) is 52.0 Å². The largest absolute Gasteiger partial charge is 0.374 e. The van der Waals surface area contributed by atoms with Crippen molar-refractivity contribution in [2.24, 2.45) is 5.10 Å². The van der Waals surface area contributed by atoms with Crippen molar-refractivity contribution < 1.29 is 4.79 Å². The Bertz CT molecular complexity index is 735. The summed E-state index contributed by atoms with van der Waals surface area (Å²) in [5.41, 5.74) is 4.06. The first-order chi connectivity index (χ1) is 11.5. The van der Waals surface area contributed by atoms with Gasteiger partial charge in [0.05, 0.1) is 11.2 Å². The average Bonchev–Trinajstić information content (AvgIpc) is 2.56. The normalized spacial score (nSPS) is 12.2. The highest BCUT2D eigenvalue weighted by molar-refractivity contribution is 9.10. The second kappa shape index (κ2) is 9.06. The minimum atomic E-state index is -0.385. The molecule has 126 valence electrons. The molecule has 0 saturated carbocycles. The number of anilines is 1. The highest BCUT2D eigenvalue weighted by Crippen LogP contribution is 2.19. The van der Waals surface area contributed by atoms with E-state index < -0.39 is 0 Å². The Morgan fingerprint density at radius 1 is 1.25 bits per heavy atom. The van der Waals surface area contributed by atoms with Crippen molar-refractivity contribution in [3.63, 3.8) is 0 Å². The molecule has 0 saturated heterocycles. The van der Waals surface area contributed by atoms with Crippen molar-refractivity contribution in [2.45, 2.75) is 19.4 Å². The minimum absolute atomic E-state index is 0.221. The van der Waals surface area contributed by atoms with Crippen LogP contribution >= 0.6 is 39.1 Å². The second-order valence-corrected chi connectivity index (χ2v) is 6.77. The van der Waals surface area contributed by atoms with Crippen LogP contribution in [0.4, 0.5) is 5.69 Å². The van der Waals surface area contributed by atoms with E-state index in [-0.39, 0.29) is 11.9 Å². The van der Waals surface area contributed by atoms with Crippen LogP contribution in [0.1, 0.15) is 18.9 Å². The van der Waals surface area contributed by atoms with Crippen molar-refractivity contribution >= 4 is 56.9 Å². The molecule has 2 aromatic rings. The first kappa shape index (κ1) is 18.8. The van der Waals surface area contributed by atoms with E-state index in [4.69, 9.17) is 23.2 Å². The molecule has 0 aliphatic carbocycles. The summed E-state index contributed by atoms with van der Waals surface area (Å²) in [6.45, 7) is 1.93. The van der Waals surface area contributed by atoms with E-state index in [2.05, 4.69) is 31.8 Å². The number of carbonyl (C=O) groups is 1. The lowest BCUT2D eigenvalue weighted by Gasteiger charge is -2.16. The van der Waals surface area contributed by atoms with Gasteiger partial charge in [-0.25, -0.2) is 5.43 Å². The number of nitrogens with zero attached hydrogens (tertiary/aromatic N) is 1. The molecule has 0 heterocycles. The van der Waals surface area contributed by atoms with Gasteiger partial charge in [-0.3, -0.25) is 4.79 Å². The molecule has 0 aliphatic heterocycles. The van der Waals surface area contributed by atoms with Gasteiger partial charge in [0.15, 0.2) is 0 Å². The van der Waals surface area contributed by atoms with Gasteiger partial charge in [-0.2, -0.15) is 5.10 Å². The predicted molar refractivity (Wildman–Crippen MR) is 104 cm³/mol. The minimum Gasteiger partial charge on any atom is -0.374 e. The smallest absolute Gasteiger partial charge is 0.262 e. The molecule has 2 N–H and O–H groups in total. The van der Waals surface area contributed by atoms with Gasteiger partial charge in [-0.05, 0) is 42.8 Å². The molecule has 2 aromatic carbocycles. The van der Waals surface area contributed by atoms with Gasteiger partial charge >= 0.3 is 0 Å². The molecule has 0 fully saturated rings. The number of hydrogen-bond donors (Lipinski definition) is 2. The molecule has 2 rings (SSSR count). The maximum atomic E-state index is 12.2. The highest BCUT2D eigenvalue weighted by atomic mass is 79.9. The quantitative estimate of drug-likeness (QED) is 0.496. The molecule has 1 amide bonds. The van der Waals surface area contributed by atoms with Gasteiger partial charge in [-0.15, -0.1) is 0 Å². The van der Waals surface area contributed by atoms with Crippen LogP contribution < -0.4 is 10.7 Å². The molecule has 0 aromatic heterocycles. The number of rotatable bonds is 6. The Hall–Kier alpha value is -1.56. The van der Waals surface area contributed by atoms with E-state index >= 15 is 0 Å². The van der Waals surface area contributed by atoms with E-state index in [1.54, 1.807) is 18.2 Å². The van der Waals surface area contributed by atoms with E-state index in [9.17, 15) is 4.79 Å². The van der Waals surface area contributed by atoms with Crippen molar-refractivity contribution in [3.8, 4) is 0 Å². The van der Waals surface area contributed by atoms with E-state index in [0.717, 1.165) is 10.2 Å². The van der Waals surface area contributed by atoms with Gasteiger partial charge in [0, 0.05) is 20.7 Å². The third-order valence-electron chi connectivity index (χ3n) is 3.25. The van der Waals surface area contributed by atoms with Crippen molar-refractivity contribution in [2.75, 3.05) is 5.32 Å². The van der Waals surface area contributed by atoms with Crippen LogP contribution in [-0.2, 0) is 4.79 Å². The van der Waals surface area contributed by atoms with Crippen LogP contribution in [-0.4, -0.2) is 18.2 Å². The Balaban J connectivity index is 1.96. The van der Waals surface area contributed by atoms with Crippen molar-refractivity contribution in [1.82, 2.24) is 5.43 Å². The molecule has 1 atom stereocenters. The molecule has 0 bridgehead atoms. The number of benzene rings is 2. The third kappa shape index (κ3) is 5.51. The fraction of sp³-hybridized carbons (Fsp3) is 0.176. The number of halogens is 3. The van der Waals surface area contributed by atoms with Crippen LogP contribution in [0.5, 0.6) is 0 Å². The van der Waals surface area contributed by atoms with E-state index in [1.807, 2.05) is 31.2 Å². The van der Waals surface area contributed by atoms with Crippen molar-refractivity contribution in [1.29, 1.82) is 0 Å². The number of amides is 1. The number of hydrogen-bond acceptors (Lipinski definition) is 3. The van der Waals surface area contributed by atoms with Crippen molar-refractivity contribution in [3.05, 3.63) is 62.5 Å². The summed E-state index contributed by atoms with van der Waals surface area (Å²) in [5.74, 6) is -0.221. The molecule has 1 unspecified atom stereocenters. The second-order valence-electron chi connectivity index (χ2n) is 5.01. The first-order valence-corrected chi connectivity index (χ1v) is 8.84. The third-order valence-corrected chi connectivity index (χ3v) is 4.34.